The molecule has 0 aliphatic heterocycles. The first-order valence-corrected chi connectivity index (χ1v) is 5.47. The lowest BCUT2D eigenvalue weighted by atomic mass is 10.2. The Labute approximate surface area is 104 Å². The molecule has 0 aromatic heterocycles. The number of hydroxylamine groups is 1. The molecule has 0 radical (unpaired) electrons. The van der Waals surface area contributed by atoms with Gasteiger partial charge in [-0.15, -0.1) is 0 Å². The lowest BCUT2D eigenvalue weighted by molar-refractivity contribution is 0.235. The molecule has 0 saturated carbocycles. The predicted molar refractivity (Wildman–Crippen MR) is 69.0 cm³/mol. The number of amidine groups is 1. The smallest absolute Gasteiger partial charge is 0.157 e. The van der Waals surface area contributed by atoms with Crippen molar-refractivity contribution in [1.29, 1.82) is 0 Å². The number of hydrogen-bond donors (Lipinski definition) is 2. The van der Waals surface area contributed by atoms with Crippen molar-refractivity contribution < 1.29 is 5.21 Å². The van der Waals surface area contributed by atoms with Gasteiger partial charge in [0.2, 0.25) is 0 Å². The first-order chi connectivity index (χ1) is 8.29. The average Bonchev–Trinajstić information content (AvgIpc) is 2.37. The highest BCUT2D eigenvalue weighted by Crippen LogP contribution is 2.18. The van der Waals surface area contributed by atoms with Gasteiger partial charge in [0.15, 0.2) is 5.84 Å². The van der Waals surface area contributed by atoms with E-state index in [0.717, 1.165) is 5.56 Å². The summed E-state index contributed by atoms with van der Waals surface area (Å²) in [6, 6.07) is 16.5. The molecule has 0 spiro atoms. The molecule has 0 fully saturated rings. The van der Waals surface area contributed by atoms with Crippen molar-refractivity contribution in [2.75, 3.05) is 0 Å². The van der Waals surface area contributed by atoms with E-state index in [9.17, 15) is 0 Å². The highest BCUT2D eigenvalue weighted by Gasteiger charge is 2.01. The topological polar surface area (TPSA) is 44.6 Å². The van der Waals surface area contributed by atoms with Gasteiger partial charge in [-0.3, -0.25) is 10.7 Å². The summed E-state index contributed by atoms with van der Waals surface area (Å²) >= 11 is 5.87. The number of nitrogens with one attached hydrogen (secondary N) is 1. The molecule has 0 saturated heterocycles. The van der Waals surface area contributed by atoms with E-state index < -0.39 is 0 Å². The zero-order chi connectivity index (χ0) is 12.1. The summed E-state index contributed by atoms with van der Waals surface area (Å²) in [6.45, 7) is 0. The molecule has 17 heavy (non-hydrogen) atoms. The summed E-state index contributed by atoms with van der Waals surface area (Å²) < 4.78 is 0. The van der Waals surface area contributed by atoms with Crippen molar-refractivity contribution in [3.63, 3.8) is 0 Å². The van der Waals surface area contributed by atoms with E-state index in [1.165, 1.54) is 0 Å². The molecule has 2 rings (SSSR count). The van der Waals surface area contributed by atoms with Crippen LogP contribution in [0, 0.1) is 0 Å². The van der Waals surface area contributed by atoms with Crippen LogP contribution in [-0.2, 0) is 0 Å². The summed E-state index contributed by atoms with van der Waals surface area (Å²) in [4.78, 5) is 4.28. The summed E-state index contributed by atoms with van der Waals surface area (Å²) in [7, 11) is 0. The maximum absolute atomic E-state index is 9.10. The van der Waals surface area contributed by atoms with Crippen LogP contribution in [0.2, 0.25) is 5.02 Å². The molecule has 4 heteroatoms. The molecule has 86 valence electrons. The highest BCUT2D eigenvalue weighted by atomic mass is 35.5. The first-order valence-electron chi connectivity index (χ1n) is 5.09. The van der Waals surface area contributed by atoms with Gasteiger partial charge in [0.05, 0.1) is 5.69 Å². The average molecular weight is 247 g/mol. The Bertz CT molecular complexity index is 526. The number of benzene rings is 2. The Balaban J connectivity index is 2.36. The van der Waals surface area contributed by atoms with E-state index >= 15 is 0 Å². The van der Waals surface area contributed by atoms with E-state index in [4.69, 9.17) is 16.8 Å². The van der Waals surface area contributed by atoms with Crippen LogP contribution in [0.3, 0.4) is 0 Å². The third-order valence-electron chi connectivity index (χ3n) is 2.20. The fourth-order valence-corrected chi connectivity index (χ4v) is 1.61. The fourth-order valence-electron chi connectivity index (χ4n) is 1.42. The van der Waals surface area contributed by atoms with E-state index in [1.54, 1.807) is 18.2 Å². The molecule has 0 atom stereocenters. The summed E-state index contributed by atoms with van der Waals surface area (Å²) in [5.41, 5.74) is 3.57. The summed E-state index contributed by atoms with van der Waals surface area (Å²) in [5.74, 6) is 0.382. The molecule has 0 amide bonds. The Morgan fingerprint density at radius 2 is 1.82 bits per heavy atom. The fraction of sp³-hybridized carbons (Fsp3) is 0. The normalized spacial score (nSPS) is 11.3. The maximum atomic E-state index is 9.10. The zero-order valence-electron chi connectivity index (χ0n) is 8.97. The number of halogens is 1. The Morgan fingerprint density at radius 1 is 1.06 bits per heavy atom. The van der Waals surface area contributed by atoms with Gasteiger partial charge >= 0.3 is 0 Å². The SMILES string of the molecule is ONC(=Nc1cccc(Cl)c1)c1ccccc1. The van der Waals surface area contributed by atoms with Gasteiger partial charge in [0.1, 0.15) is 0 Å². The highest BCUT2D eigenvalue weighted by molar-refractivity contribution is 6.30. The van der Waals surface area contributed by atoms with Crippen molar-refractivity contribution in [2.24, 2.45) is 4.99 Å². The van der Waals surface area contributed by atoms with Crippen molar-refractivity contribution in [1.82, 2.24) is 5.48 Å². The van der Waals surface area contributed by atoms with Gasteiger partial charge in [-0.25, -0.2) is 4.99 Å². The van der Waals surface area contributed by atoms with Crippen molar-refractivity contribution in [2.45, 2.75) is 0 Å². The molecule has 2 aromatic carbocycles. The van der Waals surface area contributed by atoms with Crippen molar-refractivity contribution in [3.05, 3.63) is 65.2 Å². The molecular weight excluding hydrogens is 236 g/mol. The van der Waals surface area contributed by atoms with Crippen molar-refractivity contribution in [3.8, 4) is 0 Å². The molecule has 0 heterocycles. The Kier molecular flexibility index (Phi) is 3.75. The van der Waals surface area contributed by atoms with Gasteiger partial charge in [0, 0.05) is 10.6 Å². The van der Waals surface area contributed by atoms with E-state index in [0.29, 0.717) is 16.5 Å². The van der Waals surface area contributed by atoms with Crippen LogP contribution in [0.25, 0.3) is 0 Å². The van der Waals surface area contributed by atoms with Gasteiger partial charge in [0.25, 0.3) is 0 Å². The van der Waals surface area contributed by atoms with Crippen LogP contribution >= 0.6 is 11.6 Å². The number of aliphatic imine (C=N–C) groups is 1. The maximum Gasteiger partial charge on any atom is 0.157 e. The van der Waals surface area contributed by atoms with Crippen LogP contribution < -0.4 is 5.48 Å². The Hall–Kier alpha value is -1.84. The van der Waals surface area contributed by atoms with E-state index in [2.05, 4.69) is 10.5 Å². The van der Waals surface area contributed by atoms with Gasteiger partial charge in [-0.2, -0.15) is 0 Å². The number of rotatable bonds is 2. The lowest BCUT2D eigenvalue weighted by Gasteiger charge is -2.04. The largest absolute Gasteiger partial charge is 0.290 e. The number of nitrogens with zero attached hydrogens (tertiary/aromatic N) is 1. The second-order valence-electron chi connectivity index (χ2n) is 3.42. The third-order valence-corrected chi connectivity index (χ3v) is 2.44. The summed E-state index contributed by atoms with van der Waals surface area (Å²) in [6.07, 6.45) is 0. The zero-order valence-corrected chi connectivity index (χ0v) is 9.72. The van der Waals surface area contributed by atoms with Crippen molar-refractivity contribution >= 4 is 23.1 Å². The molecule has 3 nitrogen and oxygen atoms in total. The minimum absolute atomic E-state index is 0.382. The van der Waals surface area contributed by atoms with Crippen LogP contribution in [0.5, 0.6) is 0 Å². The second-order valence-corrected chi connectivity index (χ2v) is 3.85. The van der Waals surface area contributed by atoms with Crippen LogP contribution in [0.15, 0.2) is 59.6 Å². The lowest BCUT2D eigenvalue weighted by Crippen LogP contribution is -2.19. The quantitative estimate of drug-likeness (QED) is 0.485. The van der Waals surface area contributed by atoms with Crippen LogP contribution in [0.4, 0.5) is 5.69 Å². The molecule has 0 unspecified atom stereocenters. The van der Waals surface area contributed by atoms with Gasteiger partial charge in [-0.1, -0.05) is 48.0 Å². The van der Waals surface area contributed by atoms with Crippen LogP contribution in [-0.4, -0.2) is 11.0 Å². The van der Waals surface area contributed by atoms with Gasteiger partial charge < -0.3 is 0 Å². The standard InChI is InChI=1S/C13H11ClN2O/c14-11-7-4-8-12(9-11)15-13(16-17)10-5-2-1-3-6-10/h1-9,17H,(H,15,16). The van der Waals surface area contributed by atoms with Gasteiger partial charge in [-0.05, 0) is 18.2 Å². The minimum atomic E-state index is 0.382. The molecule has 2 aromatic rings. The minimum Gasteiger partial charge on any atom is -0.290 e. The molecule has 0 aliphatic carbocycles. The third kappa shape index (κ3) is 3.06. The molecule has 0 bridgehead atoms. The van der Waals surface area contributed by atoms with E-state index in [1.807, 2.05) is 36.4 Å². The monoisotopic (exact) mass is 246 g/mol. The Morgan fingerprint density at radius 3 is 2.47 bits per heavy atom. The van der Waals surface area contributed by atoms with E-state index in [-0.39, 0.29) is 0 Å². The summed E-state index contributed by atoms with van der Waals surface area (Å²) in [5, 5.41) is 9.70. The molecular formula is C13H11ClN2O. The van der Waals surface area contributed by atoms with Crippen LogP contribution in [0.1, 0.15) is 5.56 Å². The predicted octanol–water partition coefficient (Wildman–Crippen LogP) is 3.40. The second kappa shape index (κ2) is 5.48. The first kappa shape index (κ1) is 11.6. The molecule has 2 N–H and O–H groups in total. The number of hydrogen-bond acceptors (Lipinski definition) is 2. The molecule has 0 aliphatic rings.